The Morgan fingerprint density at radius 3 is 2.21 bits per heavy atom. The quantitative estimate of drug-likeness (QED) is 0.607. The van der Waals surface area contributed by atoms with E-state index in [1.54, 1.807) is 45.0 Å². The maximum Gasteiger partial charge on any atom is 0.414 e. The fourth-order valence-corrected chi connectivity index (χ4v) is 2.60. The first kappa shape index (κ1) is 22.3. The molecule has 6 nitrogen and oxygen atoms in total. The minimum atomic E-state index is -0.638. The van der Waals surface area contributed by atoms with Gasteiger partial charge in [-0.25, -0.2) is 4.79 Å². The number of esters is 1. The number of hydrogen-bond acceptors (Lipinski definition) is 5. The van der Waals surface area contributed by atoms with Crippen LogP contribution in [0.2, 0.25) is 0 Å². The number of anilines is 1. The van der Waals surface area contributed by atoms with Crippen molar-refractivity contribution in [2.45, 2.75) is 39.2 Å². The molecule has 156 valence electrons. The van der Waals surface area contributed by atoms with Crippen molar-refractivity contribution in [2.75, 3.05) is 25.2 Å². The van der Waals surface area contributed by atoms with Crippen LogP contribution in [0, 0.1) is 0 Å². The molecule has 2 aromatic carbocycles. The van der Waals surface area contributed by atoms with Crippen LogP contribution in [0.1, 0.15) is 32.8 Å². The van der Waals surface area contributed by atoms with Crippen molar-refractivity contribution in [1.29, 1.82) is 0 Å². The van der Waals surface area contributed by atoms with Gasteiger partial charge in [-0.15, -0.1) is 0 Å². The number of hydrogen-bond donors (Lipinski definition) is 0. The summed E-state index contributed by atoms with van der Waals surface area (Å²) >= 11 is 0. The molecule has 1 amide bonds. The minimum absolute atomic E-state index is 0.0745. The van der Waals surface area contributed by atoms with E-state index in [-0.39, 0.29) is 18.9 Å². The second-order valence-electron chi connectivity index (χ2n) is 7.54. The Hall–Kier alpha value is -3.02. The molecule has 2 aromatic rings. The molecule has 0 aromatic heterocycles. The zero-order valence-electron chi connectivity index (χ0n) is 17.5. The lowest BCUT2D eigenvalue weighted by molar-refractivity contribution is -0.140. The molecule has 0 saturated carbocycles. The van der Waals surface area contributed by atoms with E-state index in [9.17, 15) is 9.59 Å². The van der Waals surface area contributed by atoms with Crippen molar-refractivity contribution in [1.82, 2.24) is 0 Å². The van der Waals surface area contributed by atoms with Crippen molar-refractivity contribution in [3.63, 3.8) is 0 Å². The Bertz CT molecular complexity index is 781. The maximum atomic E-state index is 12.6. The van der Waals surface area contributed by atoms with E-state index in [0.29, 0.717) is 18.0 Å². The predicted octanol–water partition coefficient (Wildman–Crippen LogP) is 4.61. The van der Waals surface area contributed by atoms with Crippen molar-refractivity contribution in [2.24, 2.45) is 0 Å². The van der Waals surface area contributed by atoms with Crippen LogP contribution >= 0.6 is 0 Å². The summed E-state index contributed by atoms with van der Waals surface area (Å²) in [7, 11) is 1.32. The van der Waals surface area contributed by atoms with Crippen molar-refractivity contribution < 1.29 is 23.8 Å². The number of ether oxygens (including phenoxy) is 3. The largest absolute Gasteiger partial charge is 0.493 e. The van der Waals surface area contributed by atoms with Gasteiger partial charge in [-0.3, -0.25) is 9.69 Å². The monoisotopic (exact) mass is 399 g/mol. The van der Waals surface area contributed by atoms with Gasteiger partial charge in [-0.1, -0.05) is 30.3 Å². The summed E-state index contributed by atoms with van der Waals surface area (Å²) < 4.78 is 15.9. The minimum Gasteiger partial charge on any atom is -0.493 e. The number of amides is 1. The van der Waals surface area contributed by atoms with E-state index >= 15 is 0 Å². The van der Waals surface area contributed by atoms with Gasteiger partial charge in [0.2, 0.25) is 0 Å². The Kier molecular flexibility index (Phi) is 8.07. The van der Waals surface area contributed by atoms with Gasteiger partial charge >= 0.3 is 12.1 Å². The zero-order valence-corrected chi connectivity index (χ0v) is 17.5. The third-order valence-corrected chi connectivity index (χ3v) is 4.03. The van der Waals surface area contributed by atoms with Gasteiger partial charge in [-0.2, -0.15) is 0 Å². The first-order chi connectivity index (χ1) is 13.8. The standard InChI is InChI=1S/C23H29NO5/c1-23(2,3)29-22(26)24(16-14-21(25)27-4)19-10-12-20(13-11-19)28-17-15-18-8-6-5-7-9-18/h5-13H,14-17H2,1-4H3. The molecule has 0 heterocycles. The Labute approximate surface area is 172 Å². The molecule has 0 spiro atoms. The summed E-state index contributed by atoms with van der Waals surface area (Å²) in [5.74, 6) is 0.321. The number of benzene rings is 2. The van der Waals surface area contributed by atoms with E-state index in [0.717, 1.165) is 6.42 Å². The maximum absolute atomic E-state index is 12.6. The number of nitrogens with zero attached hydrogens (tertiary/aromatic N) is 1. The Morgan fingerprint density at radius 2 is 1.62 bits per heavy atom. The lowest BCUT2D eigenvalue weighted by Crippen LogP contribution is -2.38. The summed E-state index contributed by atoms with van der Waals surface area (Å²) in [5.41, 5.74) is 1.20. The molecule has 0 aliphatic carbocycles. The molecule has 29 heavy (non-hydrogen) atoms. The first-order valence-electron chi connectivity index (χ1n) is 9.62. The van der Waals surface area contributed by atoms with Gasteiger partial charge in [0, 0.05) is 18.7 Å². The van der Waals surface area contributed by atoms with E-state index in [2.05, 4.69) is 16.9 Å². The van der Waals surface area contributed by atoms with E-state index in [4.69, 9.17) is 9.47 Å². The predicted molar refractivity (Wildman–Crippen MR) is 112 cm³/mol. The highest BCUT2D eigenvalue weighted by molar-refractivity contribution is 5.88. The topological polar surface area (TPSA) is 65.1 Å². The molecular weight excluding hydrogens is 370 g/mol. The fraction of sp³-hybridized carbons (Fsp3) is 0.391. The number of carbonyl (C=O) groups excluding carboxylic acids is 2. The van der Waals surface area contributed by atoms with Crippen LogP contribution in [0.3, 0.4) is 0 Å². The summed E-state index contributed by atoms with van der Waals surface area (Å²) in [4.78, 5) is 25.5. The summed E-state index contributed by atoms with van der Waals surface area (Å²) in [6.45, 7) is 6.12. The lowest BCUT2D eigenvalue weighted by Gasteiger charge is -2.27. The Morgan fingerprint density at radius 1 is 0.966 bits per heavy atom. The molecule has 0 atom stereocenters. The lowest BCUT2D eigenvalue weighted by atomic mass is 10.2. The highest BCUT2D eigenvalue weighted by Gasteiger charge is 2.24. The summed E-state index contributed by atoms with van der Waals surface area (Å²) in [6, 6.07) is 17.3. The van der Waals surface area contributed by atoms with Crippen molar-refractivity contribution in [3.8, 4) is 5.75 Å². The third kappa shape index (κ3) is 7.86. The molecule has 2 rings (SSSR count). The van der Waals surface area contributed by atoms with E-state index in [1.807, 2.05) is 18.2 Å². The zero-order chi connectivity index (χ0) is 21.3. The molecule has 6 heteroatoms. The van der Waals surface area contributed by atoms with Crippen LogP contribution in [0.5, 0.6) is 5.75 Å². The van der Waals surface area contributed by atoms with Gasteiger partial charge < -0.3 is 14.2 Å². The molecule has 0 aliphatic heterocycles. The molecule has 0 N–H and O–H groups in total. The molecule has 0 radical (unpaired) electrons. The highest BCUT2D eigenvalue weighted by atomic mass is 16.6. The van der Waals surface area contributed by atoms with Gasteiger partial charge in [0.1, 0.15) is 11.4 Å². The second-order valence-corrected chi connectivity index (χ2v) is 7.54. The molecule has 0 fully saturated rings. The van der Waals surface area contributed by atoms with Gasteiger partial charge in [0.05, 0.1) is 20.1 Å². The van der Waals surface area contributed by atoms with Gasteiger partial charge in [0.15, 0.2) is 0 Å². The van der Waals surface area contributed by atoms with Gasteiger partial charge in [0.25, 0.3) is 0 Å². The normalized spacial score (nSPS) is 10.9. The van der Waals surface area contributed by atoms with Crippen molar-refractivity contribution >= 4 is 17.7 Å². The smallest absolute Gasteiger partial charge is 0.414 e. The molecule has 0 saturated heterocycles. The van der Waals surface area contributed by atoms with Crippen LogP contribution in [0.15, 0.2) is 54.6 Å². The number of rotatable bonds is 8. The number of carbonyl (C=O) groups is 2. The average molecular weight is 399 g/mol. The first-order valence-corrected chi connectivity index (χ1v) is 9.62. The van der Waals surface area contributed by atoms with Crippen LogP contribution in [0.4, 0.5) is 10.5 Å². The average Bonchev–Trinajstić information content (AvgIpc) is 2.68. The van der Waals surface area contributed by atoms with E-state index in [1.165, 1.54) is 17.6 Å². The van der Waals surface area contributed by atoms with Crippen LogP contribution < -0.4 is 9.64 Å². The SMILES string of the molecule is COC(=O)CCN(C(=O)OC(C)(C)C)c1ccc(OCCc2ccccc2)cc1. The molecular formula is C23H29NO5. The molecule has 0 unspecified atom stereocenters. The highest BCUT2D eigenvalue weighted by Crippen LogP contribution is 2.22. The van der Waals surface area contributed by atoms with Crippen LogP contribution in [-0.4, -0.2) is 37.9 Å². The Balaban J connectivity index is 2.01. The van der Waals surface area contributed by atoms with Crippen LogP contribution in [0.25, 0.3) is 0 Å². The fourth-order valence-electron chi connectivity index (χ4n) is 2.60. The summed E-state index contributed by atoms with van der Waals surface area (Å²) in [5, 5.41) is 0. The second kappa shape index (κ2) is 10.5. The molecule has 0 bridgehead atoms. The van der Waals surface area contributed by atoms with E-state index < -0.39 is 11.7 Å². The van der Waals surface area contributed by atoms with Crippen molar-refractivity contribution in [3.05, 3.63) is 60.2 Å². The third-order valence-electron chi connectivity index (χ3n) is 4.03. The number of methoxy groups -OCH3 is 1. The molecule has 0 aliphatic rings. The summed E-state index contributed by atoms with van der Waals surface area (Å²) in [6.07, 6.45) is 0.371. The van der Waals surface area contributed by atoms with Gasteiger partial charge in [-0.05, 0) is 50.6 Å². The van der Waals surface area contributed by atoms with Crippen LogP contribution in [-0.2, 0) is 20.7 Å².